The van der Waals surface area contributed by atoms with Gasteiger partial charge in [0, 0.05) is 12.6 Å². The summed E-state index contributed by atoms with van der Waals surface area (Å²) in [6.45, 7) is 3.95. The van der Waals surface area contributed by atoms with E-state index < -0.39 is 28.8 Å². The quantitative estimate of drug-likeness (QED) is 0.930. The molecule has 0 spiro atoms. The molecule has 0 saturated carbocycles. The largest absolute Gasteiger partial charge is 0.478 e. The van der Waals surface area contributed by atoms with Crippen molar-refractivity contribution in [3.05, 3.63) is 45.7 Å². The lowest BCUT2D eigenvalue weighted by molar-refractivity contribution is -0.136. The average molecular weight is 327 g/mol. The zero-order valence-electron chi connectivity index (χ0n) is 12.6. The highest BCUT2D eigenvalue weighted by molar-refractivity contribution is 5.95. The molecule has 23 heavy (non-hydrogen) atoms. The van der Waals surface area contributed by atoms with Crippen molar-refractivity contribution in [1.82, 2.24) is 4.57 Å². The first-order chi connectivity index (χ1) is 10.6. The van der Waals surface area contributed by atoms with Crippen molar-refractivity contribution < 1.29 is 23.1 Å². The number of carbonyl (C=O) groups is 1. The molecule has 0 unspecified atom stereocenters. The van der Waals surface area contributed by atoms with E-state index in [-0.39, 0.29) is 23.4 Å². The molecule has 1 aromatic heterocycles. The highest BCUT2D eigenvalue weighted by Crippen LogP contribution is 2.35. The number of alkyl halides is 3. The number of halogens is 3. The number of carboxylic acid groups (broad SMARTS) is 1. The highest BCUT2D eigenvalue weighted by atomic mass is 19.4. The molecule has 0 saturated heterocycles. The maximum atomic E-state index is 13.4. The molecule has 0 amide bonds. The number of pyridine rings is 1. The number of hydrogen-bond acceptors (Lipinski definition) is 2. The topological polar surface area (TPSA) is 59.3 Å². The molecule has 0 radical (unpaired) electrons. The first-order valence-corrected chi connectivity index (χ1v) is 7.09. The smallest absolute Gasteiger partial charge is 0.418 e. The van der Waals surface area contributed by atoms with Gasteiger partial charge in [0.2, 0.25) is 0 Å². The Morgan fingerprint density at radius 1 is 1.26 bits per heavy atom. The number of carboxylic acids is 1. The van der Waals surface area contributed by atoms with E-state index >= 15 is 0 Å². The molecule has 7 heteroatoms. The van der Waals surface area contributed by atoms with Crippen LogP contribution in [-0.2, 0) is 12.7 Å². The van der Waals surface area contributed by atoms with Crippen LogP contribution in [-0.4, -0.2) is 15.6 Å². The van der Waals surface area contributed by atoms with Gasteiger partial charge in [0.1, 0.15) is 0 Å². The summed E-state index contributed by atoms with van der Waals surface area (Å²) < 4.78 is 41.2. The Hall–Kier alpha value is -2.31. The van der Waals surface area contributed by atoms with Crippen LogP contribution in [0.2, 0.25) is 0 Å². The van der Waals surface area contributed by atoms with Gasteiger partial charge in [-0.1, -0.05) is 13.8 Å². The third kappa shape index (κ3) is 3.55. The molecule has 124 valence electrons. The molecule has 2 aromatic rings. The summed E-state index contributed by atoms with van der Waals surface area (Å²) in [6.07, 6.45) is -4.21. The van der Waals surface area contributed by atoms with Gasteiger partial charge in [0.25, 0.3) is 5.56 Å². The van der Waals surface area contributed by atoms with Crippen molar-refractivity contribution in [1.29, 1.82) is 0 Å². The van der Waals surface area contributed by atoms with E-state index in [0.29, 0.717) is 12.5 Å². The second-order valence-electron chi connectivity index (χ2n) is 5.77. The summed E-state index contributed by atoms with van der Waals surface area (Å²) in [7, 11) is 0. The molecule has 0 aliphatic carbocycles. The number of hydrogen-bond donors (Lipinski definition) is 1. The predicted molar refractivity (Wildman–Crippen MR) is 79.6 cm³/mol. The van der Waals surface area contributed by atoms with Crippen molar-refractivity contribution in [3.8, 4) is 0 Å². The lowest BCUT2D eigenvalue weighted by Gasteiger charge is -2.17. The van der Waals surface area contributed by atoms with Crippen molar-refractivity contribution >= 4 is 16.9 Å². The van der Waals surface area contributed by atoms with Crippen LogP contribution in [0.15, 0.2) is 29.1 Å². The Morgan fingerprint density at radius 3 is 2.43 bits per heavy atom. The van der Waals surface area contributed by atoms with Crippen LogP contribution in [0.5, 0.6) is 0 Å². The summed E-state index contributed by atoms with van der Waals surface area (Å²) in [5, 5.41) is 9.08. The van der Waals surface area contributed by atoms with E-state index in [1.807, 2.05) is 13.8 Å². The molecule has 0 bridgehead atoms. The second-order valence-corrected chi connectivity index (χ2v) is 5.77. The van der Waals surface area contributed by atoms with E-state index in [4.69, 9.17) is 5.11 Å². The zero-order valence-corrected chi connectivity index (χ0v) is 12.6. The fourth-order valence-corrected chi connectivity index (χ4v) is 2.40. The number of aromatic nitrogens is 1. The zero-order chi connectivity index (χ0) is 17.4. The summed E-state index contributed by atoms with van der Waals surface area (Å²) >= 11 is 0. The fraction of sp³-hybridized carbons (Fsp3) is 0.375. The van der Waals surface area contributed by atoms with Crippen LogP contribution < -0.4 is 5.56 Å². The summed E-state index contributed by atoms with van der Waals surface area (Å²) in [5.41, 5.74) is -2.37. The van der Waals surface area contributed by atoms with Crippen molar-refractivity contribution in [2.24, 2.45) is 5.92 Å². The Bertz CT molecular complexity index is 807. The lowest BCUT2D eigenvalue weighted by Crippen LogP contribution is -2.23. The molecule has 0 aliphatic heterocycles. The fourth-order valence-electron chi connectivity index (χ4n) is 2.40. The van der Waals surface area contributed by atoms with Gasteiger partial charge in [0.05, 0.1) is 16.6 Å². The minimum Gasteiger partial charge on any atom is -0.478 e. The SMILES string of the molecule is CC(C)CCn1c(=O)ccc2cc(C(=O)O)cc(C(F)(F)F)c21. The Balaban J connectivity index is 2.83. The van der Waals surface area contributed by atoms with Gasteiger partial charge in [-0.25, -0.2) is 4.79 Å². The third-order valence-electron chi connectivity index (χ3n) is 3.56. The standard InChI is InChI=1S/C16H16F3NO3/c1-9(2)5-6-20-13(21)4-3-10-7-11(15(22)23)8-12(14(10)20)16(17,18)19/h3-4,7-9H,5-6H2,1-2H3,(H,22,23). The summed E-state index contributed by atoms with van der Waals surface area (Å²) in [4.78, 5) is 23.1. The first kappa shape index (κ1) is 17.1. The van der Waals surface area contributed by atoms with Gasteiger partial charge >= 0.3 is 12.1 Å². The second kappa shape index (κ2) is 6.06. The molecular formula is C16H16F3NO3. The number of fused-ring (bicyclic) bond motifs is 1. The molecule has 0 atom stereocenters. The molecule has 0 fully saturated rings. The molecule has 2 rings (SSSR count). The summed E-state index contributed by atoms with van der Waals surface area (Å²) in [6, 6.07) is 4.12. The van der Waals surface area contributed by atoms with Crippen molar-refractivity contribution in [2.45, 2.75) is 33.0 Å². The van der Waals surface area contributed by atoms with Gasteiger partial charge < -0.3 is 9.67 Å². The highest BCUT2D eigenvalue weighted by Gasteiger charge is 2.35. The summed E-state index contributed by atoms with van der Waals surface area (Å²) in [5.74, 6) is -1.23. The predicted octanol–water partition coefficient (Wildman–Crippen LogP) is 3.76. The number of nitrogens with zero attached hydrogens (tertiary/aromatic N) is 1. The van der Waals surface area contributed by atoms with Crippen LogP contribution in [0.1, 0.15) is 36.2 Å². The van der Waals surface area contributed by atoms with E-state index in [9.17, 15) is 22.8 Å². The van der Waals surface area contributed by atoms with Gasteiger partial charge in [-0.05, 0) is 35.9 Å². The van der Waals surface area contributed by atoms with Crippen molar-refractivity contribution in [2.75, 3.05) is 0 Å². The van der Waals surface area contributed by atoms with Crippen LogP contribution in [0.4, 0.5) is 13.2 Å². The van der Waals surface area contributed by atoms with Crippen LogP contribution in [0.3, 0.4) is 0 Å². The normalized spacial score (nSPS) is 12.1. The van der Waals surface area contributed by atoms with E-state index in [0.717, 1.165) is 16.7 Å². The molecule has 1 N–H and O–H groups in total. The minimum atomic E-state index is -4.75. The molecule has 4 nitrogen and oxygen atoms in total. The van der Waals surface area contributed by atoms with Gasteiger partial charge in [-0.3, -0.25) is 4.79 Å². The lowest BCUT2D eigenvalue weighted by atomic mass is 10.0. The molecule has 1 aromatic carbocycles. The molecule has 1 heterocycles. The van der Waals surface area contributed by atoms with E-state index in [2.05, 4.69) is 0 Å². The maximum absolute atomic E-state index is 13.4. The number of rotatable bonds is 4. The van der Waals surface area contributed by atoms with Gasteiger partial charge in [-0.2, -0.15) is 13.2 Å². The van der Waals surface area contributed by atoms with Crippen LogP contribution >= 0.6 is 0 Å². The molecule has 0 aliphatic rings. The number of aromatic carboxylic acids is 1. The van der Waals surface area contributed by atoms with Gasteiger partial charge in [-0.15, -0.1) is 0 Å². The van der Waals surface area contributed by atoms with Crippen molar-refractivity contribution in [3.63, 3.8) is 0 Å². The monoisotopic (exact) mass is 327 g/mol. The van der Waals surface area contributed by atoms with Gasteiger partial charge in [0.15, 0.2) is 0 Å². The Kier molecular flexibility index (Phi) is 4.49. The number of benzene rings is 1. The molecular weight excluding hydrogens is 311 g/mol. The third-order valence-corrected chi connectivity index (χ3v) is 3.56. The number of aryl methyl sites for hydroxylation is 1. The average Bonchev–Trinajstić information content (AvgIpc) is 2.43. The van der Waals surface area contributed by atoms with E-state index in [1.165, 1.54) is 6.07 Å². The first-order valence-electron chi connectivity index (χ1n) is 7.09. The van der Waals surface area contributed by atoms with Crippen LogP contribution in [0, 0.1) is 5.92 Å². The minimum absolute atomic E-state index is 0.0839. The van der Waals surface area contributed by atoms with E-state index in [1.54, 1.807) is 0 Å². The Labute approximate surface area is 130 Å². The Morgan fingerprint density at radius 2 is 1.91 bits per heavy atom. The maximum Gasteiger partial charge on any atom is 0.418 e. The van der Waals surface area contributed by atoms with Crippen LogP contribution in [0.25, 0.3) is 10.9 Å².